The first-order valence-electron chi connectivity index (χ1n) is 4.40. The zero-order chi connectivity index (χ0) is 8.89. The quantitative estimate of drug-likeness (QED) is 0.621. The third-order valence-electron chi connectivity index (χ3n) is 2.63. The first-order chi connectivity index (χ1) is 6.30. The van der Waals surface area contributed by atoms with Gasteiger partial charge in [0.1, 0.15) is 11.2 Å². The molecule has 1 aliphatic rings. The fourth-order valence-electron chi connectivity index (χ4n) is 1.65. The standard InChI is InChI=1S/C11H10O2/c1-11(7-13-11)9-6-12-10-5-3-2-4-8(9)10/h2-6H,7H2,1H3. The number of para-hydroxylation sites is 1. The van der Waals surface area contributed by atoms with Crippen molar-refractivity contribution in [3.63, 3.8) is 0 Å². The molecule has 1 aromatic carbocycles. The summed E-state index contributed by atoms with van der Waals surface area (Å²) >= 11 is 0. The van der Waals surface area contributed by atoms with Crippen LogP contribution in [0, 0.1) is 0 Å². The van der Waals surface area contributed by atoms with Crippen LogP contribution in [0.4, 0.5) is 0 Å². The summed E-state index contributed by atoms with van der Waals surface area (Å²) < 4.78 is 10.8. The van der Waals surface area contributed by atoms with Crippen LogP contribution in [0.5, 0.6) is 0 Å². The van der Waals surface area contributed by atoms with Crippen LogP contribution in [-0.2, 0) is 10.3 Å². The van der Waals surface area contributed by atoms with E-state index in [4.69, 9.17) is 9.15 Å². The minimum absolute atomic E-state index is 0.0907. The maximum atomic E-state index is 5.44. The number of furan rings is 1. The van der Waals surface area contributed by atoms with Crippen molar-refractivity contribution in [3.05, 3.63) is 36.1 Å². The molecule has 2 heteroatoms. The van der Waals surface area contributed by atoms with Crippen molar-refractivity contribution >= 4 is 11.0 Å². The number of ether oxygens (including phenoxy) is 1. The van der Waals surface area contributed by atoms with Gasteiger partial charge >= 0.3 is 0 Å². The van der Waals surface area contributed by atoms with E-state index < -0.39 is 0 Å². The van der Waals surface area contributed by atoms with Crippen molar-refractivity contribution in [2.45, 2.75) is 12.5 Å². The molecule has 0 aliphatic carbocycles. The van der Waals surface area contributed by atoms with Gasteiger partial charge < -0.3 is 9.15 Å². The fourth-order valence-corrected chi connectivity index (χ4v) is 1.65. The molecule has 0 radical (unpaired) electrons. The molecule has 1 atom stereocenters. The molecule has 2 heterocycles. The van der Waals surface area contributed by atoms with Gasteiger partial charge in [-0.15, -0.1) is 0 Å². The van der Waals surface area contributed by atoms with E-state index in [1.807, 2.05) is 18.2 Å². The topological polar surface area (TPSA) is 25.7 Å². The fraction of sp³-hybridized carbons (Fsp3) is 0.273. The molecule has 0 amide bonds. The van der Waals surface area contributed by atoms with Gasteiger partial charge in [-0.2, -0.15) is 0 Å². The van der Waals surface area contributed by atoms with Gasteiger partial charge in [0.15, 0.2) is 0 Å². The Morgan fingerprint density at radius 2 is 2.08 bits per heavy atom. The van der Waals surface area contributed by atoms with E-state index in [1.54, 1.807) is 6.26 Å². The van der Waals surface area contributed by atoms with Gasteiger partial charge in [0.2, 0.25) is 0 Å². The number of hydrogen-bond acceptors (Lipinski definition) is 2. The van der Waals surface area contributed by atoms with Crippen molar-refractivity contribution in [2.75, 3.05) is 6.61 Å². The second-order valence-electron chi connectivity index (χ2n) is 3.67. The SMILES string of the molecule is CC1(c2coc3ccccc23)CO1. The summed E-state index contributed by atoms with van der Waals surface area (Å²) in [5.74, 6) is 0. The van der Waals surface area contributed by atoms with Crippen LogP contribution in [0.15, 0.2) is 34.9 Å². The number of epoxide rings is 1. The van der Waals surface area contributed by atoms with Crippen molar-refractivity contribution in [3.8, 4) is 0 Å². The van der Waals surface area contributed by atoms with E-state index in [0.717, 1.165) is 12.2 Å². The summed E-state index contributed by atoms with van der Waals surface area (Å²) in [5.41, 5.74) is 2.02. The Bertz CT molecular complexity index is 452. The lowest BCUT2D eigenvalue weighted by Gasteiger charge is -1.99. The van der Waals surface area contributed by atoms with Gasteiger partial charge in [0.05, 0.1) is 12.9 Å². The zero-order valence-corrected chi connectivity index (χ0v) is 7.41. The van der Waals surface area contributed by atoms with Crippen molar-refractivity contribution in [1.82, 2.24) is 0 Å². The summed E-state index contributed by atoms with van der Waals surface area (Å²) in [6.07, 6.45) is 1.80. The second kappa shape index (κ2) is 2.15. The highest BCUT2D eigenvalue weighted by atomic mass is 16.6. The molecule has 1 saturated heterocycles. The van der Waals surface area contributed by atoms with Gasteiger partial charge in [-0.1, -0.05) is 18.2 Å². The average Bonchev–Trinajstić information content (AvgIpc) is 2.76. The highest BCUT2D eigenvalue weighted by Gasteiger charge is 2.43. The van der Waals surface area contributed by atoms with Crippen LogP contribution in [0.1, 0.15) is 12.5 Å². The van der Waals surface area contributed by atoms with E-state index in [9.17, 15) is 0 Å². The predicted octanol–water partition coefficient (Wildman–Crippen LogP) is 2.68. The third kappa shape index (κ3) is 0.923. The molecule has 3 rings (SSSR count). The Balaban J connectivity index is 2.30. The molecule has 0 N–H and O–H groups in total. The number of hydrogen-bond donors (Lipinski definition) is 0. The lowest BCUT2D eigenvalue weighted by Crippen LogP contribution is -1.99. The first kappa shape index (κ1) is 7.15. The molecule has 0 spiro atoms. The van der Waals surface area contributed by atoms with Crippen LogP contribution in [0.3, 0.4) is 0 Å². The average molecular weight is 174 g/mol. The Morgan fingerprint density at radius 1 is 1.31 bits per heavy atom. The van der Waals surface area contributed by atoms with Crippen molar-refractivity contribution in [2.24, 2.45) is 0 Å². The first-order valence-corrected chi connectivity index (χ1v) is 4.40. The van der Waals surface area contributed by atoms with Gasteiger partial charge in [0.25, 0.3) is 0 Å². The molecule has 1 fully saturated rings. The summed E-state index contributed by atoms with van der Waals surface area (Å²) in [5, 5.41) is 1.17. The van der Waals surface area contributed by atoms with E-state index in [1.165, 1.54) is 10.9 Å². The normalized spacial score (nSPS) is 26.5. The maximum Gasteiger partial charge on any atom is 0.134 e. The molecule has 1 aromatic heterocycles. The summed E-state index contributed by atoms with van der Waals surface area (Å²) in [6, 6.07) is 8.05. The highest BCUT2D eigenvalue weighted by molar-refractivity contribution is 5.82. The van der Waals surface area contributed by atoms with Gasteiger partial charge in [0, 0.05) is 10.9 Å². The third-order valence-corrected chi connectivity index (χ3v) is 2.63. The highest BCUT2D eigenvalue weighted by Crippen LogP contribution is 2.42. The largest absolute Gasteiger partial charge is 0.464 e. The van der Waals surface area contributed by atoms with Gasteiger partial charge in [-0.25, -0.2) is 0 Å². The van der Waals surface area contributed by atoms with Crippen LogP contribution in [0.25, 0.3) is 11.0 Å². The summed E-state index contributed by atoms with van der Waals surface area (Å²) in [6.45, 7) is 2.89. The van der Waals surface area contributed by atoms with Crippen LogP contribution in [0.2, 0.25) is 0 Å². The summed E-state index contributed by atoms with van der Waals surface area (Å²) in [7, 11) is 0. The summed E-state index contributed by atoms with van der Waals surface area (Å²) in [4.78, 5) is 0. The monoisotopic (exact) mass is 174 g/mol. The van der Waals surface area contributed by atoms with Gasteiger partial charge in [-0.3, -0.25) is 0 Å². The van der Waals surface area contributed by atoms with Crippen LogP contribution < -0.4 is 0 Å². The Kier molecular flexibility index (Phi) is 1.18. The Hall–Kier alpha value is -1.28. The maximum absolute atomic E-state index is 5.44. The second-order valence-corrected chi connectivity index (χ2v) is 3.67. The zero-order valence-electron chi connectivity index (χ0n) is 7.41. The lowest BCUT2D eigenvalue weighted by molar-refractivity contribution is 0.329. The van der Waals surface area contributed by atoms with E-state index in [-0.39, 0.29) is 5.60 Å². The molecule has 2 nitrogen and oxygen atoms in total. The lowest BCUT2D eigenvalue weighted by atomic mass is 10.0. The molecule has 1 aliphatic heterocycles. The van der Waals surface area contributed by atoms with Gasteiger partial charge in [-0.05, 0) is 13.0 Å². The Labute approximate surface area is 76.1 Å². The minimum atomic E-state index is -0.0907. The number of rotatable bonds is 1. The van der Waals surface area contributed by atoms with Crippen molar-refractivity contribution in [1.29, 1.82) is 0 Å². The van der Waals surface area contributed by atoms with Crippen molar-refractivity contribution < 1.29 is 9.15 Å². The molecular weight excluding hydrogens is 164 g/mol. The molecule has 1 unspecified atom stereocenters. The predicted molar refractivity (Wildman–Crippen MR) is 49.5 cm³/mol. The van der Waals surface area contributed by atoms with Crippen LogP contribution in [-0.4, -0.2) is 6.61 Å². The molecule has 66 valence electrons. The minimum Gasteiger partial charge on any atom is -0.464 e. The molecule has 13 heavy (non-hydrogen) atoms. The van der Waals surface area contributed by atoms with E-state index in [0.29, 0.717) is 0 Å². The molecule has 0 saturated carbocycles. The molecule has 0 bridgehead atoms. The van der Waals surface area contributed by atoms with E-state index >= 15 is 0 Å². The Morgan fingerprint density at radius 3 is 2.85 bits per heavy atom. The van der Waals surface area contributed by atoms with E-state index in [2.05, 4.69) is 13.0 Å². The molecular formula is C11H10O2. The smallest absolute Gasteiger partial charge is 0.134 e. The van der Waals surface area contributed by atoms with Crippen LogP contribution >= 0.6 is 0 Å². The number of fused-ring (bicyclic) bond motifs is 1. The number of benzene rings is 1. The molecule has 2 aromatic rings.